The molecule has 0 atom stereocenters. The first-order valence-corrected chi connectivity index (χ1v) is 10.3. The maximum atomic E-state index is 12.7. The van der Waals surface area contributed by atoms with Gasteiger partial charge >= 0.3 is 6.18 Å². The monoisotopic (exact) mass is 438 g/mol. The number of thiophene rings is 1. The van der Waals surface area contributed by atoms with Crippen molar-refractivity contribution in [1.29, 1.82) is 0 Å². The molecule has 0 fully saturated rings. The molecule has 12 heteroatoms. The summed E-state index contributed by atoms with van der Waals surface area (Å²) < 4.78 is 44.9. The van der Waals surface area contributed by atoms with Gasteiger partial charge in [0.05, 0.1) is 17.9 Å². The van der Waals surface area contributed by atoms with E-state index in [1.54, 1.807) is 16.0 Å². The number of alkyl halides is 3. The molecule has 0 unspecified atom stereocenters. The summed E-state index contributed by atoms with van der Waals surface area (Å²) in [6.07, 6.45) is -3.56. The van der Waals surface area contributed by atoms with Crippen LogP contribution in [0.5, 0.6) is 0 Å². The summed E-state index contributed by atoms with van der Waals surface area (Å²) in [7, 11) is 0. The van der Waals surface area contributed by atoms with Crippen LogP contribution in [-0.4, -0.2) is 30.3 Å². The summed E-state index contributed by atoms with van der Waals surface area (Å²) in [6.45, 7) is 0.649. The average molecular weight is 438 g/mol. The number of rotatable bonds is 7. The Labute approximate surface area is 170 Å². The second-order valence-electron chi connectivity index (χ2n) is 5.89. The molecule has 29 heavy (non-hydrogen) atoms. The number of aromatic nitrogens is 6. The van der Waals surface area contributed by atoms with E-state index in [9.17, 15) is 13.2 Å². The SMILES string of the molecule is FC(F)(F)c1ccc(-c2noc(CSc3nnnn3CCc3cccs3)n2)cc1. The Kier molecular flexibility index (Phi) is 5.62. The number of thioether (sulfide) groups is 1. The molecule has 0 spiro atoms. The van der Waals surface area contributed by atoms with Crippen LogP contribution in [0.1, 0.15) is 16.3 Å². The molecule has 0 N–H and O–H groups in total. The molecule has 150 valence electrons. The molecule has 0 aliphatic carbocycles. The van der Waals surface area contributed by atoms with E-state index in [2.05, 4.69) is 31.7 Å². The molecule has 0 radical (unpaired) electrons. The second kappa shape index (κ2) is 8.33. The van der Waals surface area contributed by atoms with Crippen LogP contribution in [-0.2, 0) is 24.9 Å². The predicted octanol–water partition coefficient (Wildman–Crippen LogP) is 4.34. The zero-order chi connectivity index (χ0) is 20.3. The second-order valence-corrected chi connectivity index (χ2v) is 7.86. The van der Waals surface area contributed by atoms with Gasteiger partial charge in [-0.05, 0) is 34.0 Å². The molecular weight excluding hydrogens is 425 g/mol. The summed E-state index contributed by atoms with van der Waals surface area (Å²) in [6, 6.07) is 8.66. The van der Waals surface area contributed by atoms with E-state index in [4.69, 9.17) is 4.52 Å². The van der Waals surface area contributed by atoms with Crippen LogP contribution in [0.2, 0.25) is 0 Å². The Bertz CT molecular complexity index is 1060. The topological polar surface area (TPSA) is 82.5 Å². The van der Waals surface area contributed by atoms with Crippen molar-refractivity contribution >= 4 is 23.1 Å². The zero-order valence-corrected chi connectivity index (χ0v) is 16.3. The van der Waals surface area contributed by atoms with Crippen LogP contribution >= 0.6 is 23.1 Å². The van der Waals surface area contributed by atoms with Crippen molar-refractivity contribution < 1.29 is 17.7 Å². The Hall–Kier alpha value is -2.73. The number of nitrogens with zero attached hydrogens (tertiary/aromatic N) is 6. The first-order valence-electron chi connectivity index (χ1n) is 8.40. The minimum atomic E-state index is -4.38. The Morgan fingerprint density at radius 3 is 2.69 bits per heavy atom. The van der Waals surface area contributed by atoms with E-state index in [-0.39, 0.29) is 5.82 Å². The highest BCUT2D eigenvalue weighted by Gasteiger charge is 2.30. The molecule has 7 nitrogen and oxygen atoms in total. The third-order valence-corrected chi connectivity index (χ3v) is 5.79. The normalized spacial score (nSPS) is 11.8. The van der Waals surface area contributed by atoms with Crippen LogP contribution in [0, 0.1) is 0 Å². The lowest BCUT2D eigenvalue weighted by Gasteiger charge is -2.05. The van der Waals surface area contributed by atoms with Gasteiger partial charge in [0, 0.05) is 16.9 Å². The lowest BCUT2D eigenvalue weighted by Crippen LogP contribution is -2.04. The van der Waals surface area contributed by atoms with Crippen molar-refractivity contribution in [2.75, 3.05) is 0 Å². The molecule has 0 aliphatic heterocycles. The summed E-state index contributed by atoms with van der Waals surface area (Å²) >= 11 is 3.02. The molecule has 0 bridgehead atoms. The lowest BCUT2D eigenvalue weighted by atomic mass is 10.1. The molecule has 4 rings (SSSR count). The number of hydrogen-bond donors (Lipinski definition) is 0. The van der Waals surface area contributed by atoms with Crippen molar-refractivity contribution in [3.63, 3.8) is 0 Å². The van der Waals surface area contributed by atoms with Crippen molar-refractivity contribution in [3.8, 4) is 11.4 Å². The minimum Gasteiger partial charge on any atom is -0.338 e. The molecule has 3 heterocycles. The van der Waals surface area contributed by atoms with Gasteiger partial charge in [-0.2, -0.15) is 18.2 Å². The van der Waals surface area contributed by atoms with Crippen molar-refractivity contribution in [2.24, 2.45) is 0 Å². The van der Waals surface area contributed by atoms with Gasteiger partial charge in [-0.3, -0.25) is 0 Å². The predicted molar refractivity (Wildman–Crippen MR) is 100 cm³/mol. The Balaban J connectivity index is 1.37. The number of hydrogen-bond acceptors (Lipinski definition) is 8. The van der Waals surface area contributed by atoms with E-state index in [1.165, 1.54) is 28.8 Å². The number of halogens is 3. The molecular formula is C17H13F3N6OS2. The largest absolute Gasteiger partial charge is 0.416 e. The van der Waals surface area contributed by atoms with Crippen molar-refractivity contribution in [1.82, 2.24) is 30.3 Å². The van der Waals surface area contributed by atoms with Gasteiger partial charge in [0.1, 0.15) is 0 Å². The standard InChI is InChI=1S/C17H13F3N6OS2/c18-17(19,20)12-5-3-11(4-6-12)15-21-14(27-23-15)10-29-16-22-24-25-26(16)8-7-13-2-1-9-28-13/h1-6,9H,7-8,10H2. The summed E-state index contributed by atoms with van der Waals surface area (Å²) in [5, 5.41) is 18.2. The third kappa shape index (κ3) is 4.82. The Morgan fingerprint density at radius 2 is 1.97 bits per heavy atom. The first kappa shape index (κ1) is 19.6. The molecule has 1 aromatic carbocycles. The van der Waals surface area contributed by atoms with Crippen molar-refractivity contribution in [3.05, 3.63) is 58.1 Å². The maximum Gasteiger partial charge on any atom is 0.416 e. The summed E-state index contributed by atoms with van der Waals surface area (Å²) in [5.74, 6) is 0.900. The minimum absolute atomic E-state index is 0.228. The van der Waals surface area contributed by atoms with Crippen LogP contribution in [0.15, 0.2) is 51.5 Å². The molecule has 0 saturated carbocycles. The number of benzene rings is 1. The van der Waals surface area contributed by atoms with Gasteiger partial charge in [0.15, 0.2) is 0 Å². The van der Waals surface area contributed by atoms with Crippen LogP contribution in [0.3, 0.4) is 0 Å². The zero-order valence-electron chi connectivity index (χ0n) is 14.7. The Morgan fingerprint density at radius 1 is 1.14 bits per heavy atom. The van der Waals surface area contributed by atoms with Crippen LogP contribution < -0.4 is 0 Å². The molecule has 4 aromatic rings. The summed E-state index contributed by atoms with van der Waals surface area (Å²) in [4.78, 5) is 5.48. The fourth-order valence-corrected chi connectivity index (χ4v) is 3.92. The van der Waals surface area contributed by atoms with Gasteiger partial charge in [-0.1, -0.05) is 35.1 Å². The lowest BCUT2D eigenvalue weighted by molar-refractivity contribution is -0.137. The van der Waals surface area contributed by atoms with Crippen molar-refractivity contribution in [2.45, 2.75) is 30.1 Å². The van der Waals surface area contributed by atoms with Gasteiger partial charge in [-0.25, -0.2) is 4.68 Å². The fourth-order valence-electron chi connectivity index (χ4n) is 2.48. The smallest absolute Gasteiger partial charge is 0.338 e. The van der Waals surface area contributed by atoms with E-state index in [1.807, 2.05) is 11.4 Å². The fraction of sp³-hybridized carbons (Fsp3) is 0.235. The molecule has 0 saturated heterocycles. The number of tetrazole rings is 1. The summed E-state index contributed by atoms with van der Waals surface area (Å²) in [5.41, 5.74) is -0.284. The average Bonchev–Trinajstić information content (AvgIpc) is 3.45. The van der Waals surface area contributed by atoms with E-state index >= 15 is 0 Å². The number of aryl methyl sites for hydroxylation is 2. The highest BCUT2D eigenvalue weighted by atomic mass is 32.2. The highest BCUT2D eigenvalue weighted by molar-refractivity contribution is 7.98. The molecule has 0 amide bonds. The quantitative estimate of drug-likeness (QED) is 0.397. The third-order valence-electron chi connectivity index (χ3n) is 3.91. The van der Waals surface area contributed by atoms with Crippen LogP contribution in [0.25, 0.3) is 11.4 Å². The van der Waals surface area contributed by atoms with Crippen LogP contribution in [0.4, 0.5) is 13.2 Å². The van der Waals surface area contributed by atoms with E-state index in [0.29, 0.717) is 28.9 Å². The maximum absolute atomic E-state index is 12.7. The van der Waals surface area contributed by atoms with E-state index < -0.39 is 11.7 Å². The van der Waals surface area contributed by atoms with Gasteiger partial charge < -0.3 is 4.52 Å². The first-order chi connectivity index (χ1) is 14.0. The van der Waals surface area contributed by atoms with E-state index in [0.717, 1.165) is 18.6 Å². The van der Waals surface area contributed by atoms with Gasteiger partial charge in [0.25, 0.3) is 0 Å². The highest BCUT2D eigenvalue weighted by Crippen LogP contribution is 2.30. The van der Waals surface area contributed by atoms with Gasteiger partial charge in [0.2, 0.25) is 16.9 Å². The molecule has 0 aliphatic rings. The van der Waals surface area contributed by atoms with Gasteiger partial charge in [-0.15, -0.1) is 16.4 Å². The molecule has 3 aromatic heterocycles.